The fraction of sp³-hybridized carbons (Fsp3) is 0.167. The zero-order valence-corrected chi connectivity index (χ0v) is 15.8. The van der Waals surface area contributed by atoms with E-state index in [9.17, 15) is 9.18 Å². The van der Waals surface area contributed by atoms with Gasteiger partial charge in [-0.05, 0) is 54.4 Å². The molecule has 1 atom stereocenters. The molecule has 1 aliphatic rings. The summed E-state index contributed by atoms with van der Waals surface area (Å²) >= 11 is 0. The van der Waals surface area contributed by atoms with E-state index in [1.807, 2.05) is 6.92 Å². The molecule has 0 bridgehead atoms. The first-order valence-corrected chi connectivity index (χ1v) is 9.28. The molecule has 29 heavy (non-hydrogen) atoms. The fourth-order valence-corrected chi connectivity index (χ4v) is 3.44. The zero-order chi connectivity index (χ0) is 20.4. The lowest BCUT2D eigenvalue weighted by Gasteiger charge is -2.24. The van der Waals surface area contributed by atoms with Crippen LogP contribution in [0.15, 0.2) is 60.7 Å². The molecular formula is C24H18FNO3. The molecule has 1 unspecified atom stereocenters. The van der Waals surface area contributed by atoms with Crippen LogP contribution in [0, 0.1) is 24.1 Å². The molecule has 0 amide bonds. The molecular weight excluding hydrogens is 369 g/mol. The smallest absolute Gasteiger partial charge is 0.170 e. The van der Waals surface area contributed by atoms with Crippen molar-refractivity contribution in [1.29, 1.82) is 5.26 Å². The predicted molar refractivity (Wildman–Crippen MR) is 106 cm³/mol. The van der Waals surface area contributed by atoms with Crippen LogP contribution >= 0.6 is 0 Å². The Kier molecular flexibility index (Phi) is 5.01. The molecule has 0 aromatic heterocycles. The number of ether oxygens (including phenoxy) is 2. The summed E-state index contributed by atoms with van der Waals surface area (Å²) in [5.41, 5.74) is 3.24. The van der Waals surface area contributed by atoms with E-state index < -0.39 is 6.10 Å². The largest absolute Gasteiger partial charge is 0.492 e. The van der Waals surface area contributed by atoms with E-state index in [1.165, 1.54) is 12.1 Å². The van der Waals surface area contributed by atoms with Crippen molar-refractivity contribution in [1.82, 2.24) is 0 Å². The van der Waals surface area contributed by atoms with E-state index in [0.29, 0.717) is 41.2 Å². The van der Waals surface area contributed by atoms with Crippen LogP contribution in [-0.4, -0.2) is 12.4 Å². The summed E-state index contributed by atoms with van der Waals surface area (Å²) in [6.07, 6.45) is -0.224. The second-order valence-corrected chi connectivity index (χ2v) is 6.87. The number of hydrogen-bond acceptors (Lipinski definition) is 4. The molecule has 5 heteroatoms. The lowest BCUT2D eigenvalue weighted by molar-refractivity contribution is 0.0932. The summed E-state index contributed by atoms with van der Waals surface area (Å²) in [5.74, 6) is 0.782. The van der Waals surface area contributed by atoms with Crippen LogP contribution in [0.4, 0.5) is 4.39 Å². The second-order valence-electron chi connectivity index (χ2n) is 6.87. The Morgan fingerprint density at radius 3 is 2.62 bits per heavy atom. The molecule has 3 aromatic carbocycles. The number of ketones is 1. The van der Waals surface area contributed by atoms with Crippen LogP contribution < -0.4 is 9.47 Å². The number of nitrogens with zero attached hydrogens (tertiary/aromatic N) is 1. The highest BCUT2D eigenvalue weighted by Crippen LogP contribution is 2.38. The van der Waals surface area contributed by atoms with Crippen molar-refractivity contribution in [3.05, 3.63) is 94.3 Å². The third-order valence-electron chi connectivity index (χ3n) is 4.97. The standard InChI is InChI=1S/C24H18FNO3/c1-15-22(10-9-20-21(27)11-12-28-23(15)20)29-24(18-3-2-4-19(25)13-18)17-7-5-16(14-26)6-8-17/h2-10,13,24H,11-12H2,1H3. The van der Waals surface area contributed by atoms with Crippen molar-refractivity contribution in [2.24, 2.45) is 0 Å². The number of rotatable bonds is 4. The Labute approximate surface area is 168 Å². The van der Waals surface area contributed by atoms with Gasteiger partial charge >= 0.3 is 0 Å². The topological polar surface area (TPSA) is 59.3 Å². The monoisotopic (exact) mass is 387 g/mol. The van der Waals surface area contributed by atoms with Gasteiger partial charge in [0, 0.05) is 12.0 Å². The van der Waals surface area contributed by atoms with Gasteiger partial charge < -0.3 is 9.47 Å². The van der Waals surface area contributed by atoms with Crippen molar-refractivity contribution < 1.29 is 18.7 Å². The molecule has 0 saturated carbocycles. The summed E-state index contributed by atoms with van der Waals surface area (Å²) in [6.45, 7) is 2.19. The Morgan fingerprint density at radius 1 is 1.10 bits per heavy atom. The average molecular weight is 387 g/mol. The maximum absolute atomic E-state index is 13.9. The number of carbonyl (C=O) groups is 1. The number of carbonyl (C=O) groups excluding carboxylic acids is 1. The fourth-order valence-electron chi connectivity index (χ4n) is 3.44. The minimum atomic E-state index is -0.588. The summed E-state index contributed by atoms with van der Waals surface area (Å²) in [6, 6.07) is 18.8. The van der Waals surface area contributed by atoms with E-state index in [0.717, 1.165) is 11.1 Å². The van der Waals surface area contributed by atoms with Crippen molar-refractivity contribution in [3.8, 4) is 17.6 Å². The van der Waals surface area contributed by atoms with E-state index in [4.69, 9.17) is 14.7 Å². The van der Waals surface area contributed by atoms with Gasteiger partial charge in [-0.1, -0.05) is 24.3 Å². The molecule has 0 saturated heterocycles. The minimum absolute atomic E-state index is 0.0506. The molecule has 0 spiro atoms. The van der Waals surface area contributed by atoms with Crippen molar-refractivity contribution >= 4 is 5.78 Å². The highest BCUT2D eigenvalue weighted by Gasteiger charge is 2.24. The number of nitriles is 1. The average Bonchev–Trinajstić information content (AvgIpc) is 2.74. The van der Waals surface area contributed by atoms with E-state index in [-0.39, 0.29) is 11.6 Å². The molecule has 1 aliphatic heterocycles. The normalized spacial score (nSPS) is 13.8. The Bertz CT molecular complexity index is 1120. The molecule has 1 heterocycles. The molecule has 0 fully saturated rings. The van der Waals surface area contributed by atoms with Gasteiger partial charge in [0.25, 0.3) is 0 Å². The zero-order valence-electron chi connectivity index (χ0n) is 15.8. The van der Waals surface area contributed by atoms with Gasteiger partial charge in [-0.3, -0.25) is 4.79 Å². The summed E-state index contributed by atoms with van der Waals surface area (Å²) in [4.78, 5) is 12.1. The Hall–Kier alpha value is -3.65. The van der Waals surface area contributed by atoms with Crippen molar-refractivity contribution in [3.63, 3.8) is 0 Å². The third kappa shape index (κ3) is 3.70. The molecule has 144 valence electrons. The SMILES string of the molecule is Cc1c(OC(c2ccc(C#N)cc2)c2cccc(F)c2)ccc2c1OCCC2=O. The minimum Gasteiger partial charge on any atom is -0.492 e. The van der Waals surface area contributed by atoms with Crippen molar-refractivity contribution in [2.75, 3.05) is 6.61 Å². The molecule has 0 radical (unpaired) electrons. The highest BCUT2D eigenvalue weighted by molar-refractivity contribution is 6.00. The predicted octanol–water partition coefficient (Wildman–Crippen LogP) is 5.14. The summed E-state index contributed by atoms with van der Waals surface area (Å²) in [7, 11) is 0. The van der Waals surface area contributed by atoms with Crippen LogP contribution in [0.2, 0.25) is 0 Å². The molecule has 3 aromatic rings. The van der Waals surface area contributed by atoms with Crippen molar-refractivity contribution in [2.45, 2.75) is 19.4 Å². The molecule has 0 aliphatic carbocycles. The van der Waals surface area contributed by atoms with Gasteiger partial charge in [0.05, 0.1) is 23.8 Å². The summed E-state index contributed by atoms with van der Waals surface area (Å²) < 4.78 is 25.9. The number of hydrogen-bond donors (Lipinski definition) is 0. The van der Waals surface area contributed by atoms with Crippen LogP contribution in [0.1, 0.15) is 45.1 Å². The van der Waals surface area contributed by atoms with Crippen LogP contribution in [0.25, 0.3) is 0 Å². The quantitative estimate of drug-likeness (QED) is 0.622. The second kappa shape index (κ2) is 7.76. The lowest BCUT2D eigenvalue weighted by Crippen LogP contribution is -2.17. The van der Waals surface area contributed by atoms with Gasteiger partial charge in [-0.25, -0.2) is 4.39 Å². The molecule has 4 nitrogen and oxygen atoms in total. The first-order valence-electron chi connectivity index (χ1n) is 9.28. The Balaban J connectivity index is 1.76. The number of Topliss-reactive ketones (excluding diaryl/α,β-unsaturated/α-hetero) is 1. The van der Waals surface area contributed by atoms with Gasteiger partial charge in [0.2, 0.25) is 0 Å². The lowest BCUT2D eigenvalue weighted by atomic mass is 9.99. The summed E-state index contributed by atoms with van der Waals surface area (Å²) in [5, 5.41) is 9.05. The van der Waals surface area contributed by atoms with E-state index in [2.05, 4.69) is 6.07 Å². The maximum Gasteiger partial charge on any atom is 0.170 e. The first kappa shape index (κ1) is 18.7. The van der Waals surface area contributed by atoms with Gasteiger partial charge in [-0.15, -0.1) is 0 Å². The van der Waals surface area contributed by atoms with Gasteiger partial charge in [0.1, 0.15) is 23.4 Å². The van der Waals surface area contributed by atoms with E-state index in [1.54, 1.807) is 48.5 Å². The van der Waals surface area contributed by atoms with Gasteiger partial charge in [0.15, 0.2) is 5.78 Å². The maximum atomic E-state index is 13.9. The highest BCUT2D eigenvalue weighted by atomic mass is 19.1. The number of benzene rings is 3. The third-order valence-corrected chi connectivity index (χ3v) is 4.97. The Morgan fingerprint density at radius 2 is 1.90 bits per heavy atom. The number of halogens is 1. The first-order chi connectivity index (χ1) is 14.1. The van der Waals surface area contributed by atoms with Crippen LogP contribution in [-0.2, 0) is 0 Å². The molecule has 4 rings (SSSR count). The van der Waals surface area contributed by atoms with Gasteiger partial charge in [-0.2, -0.15) is 5.26 Å². The van der Waals surface area contributed by atoms with Crippen LogP contribution in [0.3, 0.4) is 0 Å². The van der Waals surface area contributed by atoms with E-state index >= 15 is 0 Å². The number of fused-ring (bicyclic) bond motifs is 1. The van der Waals surface area contributed by atoms with Crippen LogP contribution in [0.5, 0.6) is 11.5 Å². The molecule has 0 N–H and O–H groups in total.